The van der Waals surface area contributed by atoms with Crippen LogP contribution in [-0.4, -0.2) is 10.9 Å². The van der Waals surface area contributed by atoms with Crippen LogP contribution in [0.25, 0.3) is 0 Å². The fourth-order valence-electron chi connectivity index (χ4n) is 2.08. The van der Waals surface area contributed by atoms with E-state index in [2.05, 4.69) is 0 Å². The number of ketones is 1. The second kappa shape index (κ2) is 5.92. The predicted molar refractivity (Wildman–Crippen MR) is 78.0 cm³/mol. The number of furan rings is 1. The third-order valence-electron chi connectivity index (χ3n) is 3.24. The molecule has 0 saturated heterocycles. The van der Waals surface area contributed by atoms with E-state index in [-0.39, 0.29) is 11.6 Å². The van der Waals surface area contributed by atoms with Gasteiger partial charge in [0, 0.05) is 12.5 Å². The molecule has 0 radical (unpaired) electrons. The average Bonchev–Trinajstić information content (AvgIpc) is 3.00. The number of carbonyl (C=O) groups is 1. The van der Waals surface area contributed by atoms with Crippen molar-refractivity contribution >= 4 is 5.78 Å². The van der Waals surface area contributed by atoms with Crippen molar-refractivity contribution < 1.29 is 23.1 Å². The number of halogens is 1. The lowest BCUT2D eigenvalue weighted by molar-refractivity contribution is 0.0974. The molecule has 0 spiro atoms. The van der Waals surface area contributed by atoms with Crippen LogP contribution in [0.3, 0.4) is 0 Å². The molecule has 0 atom stereocenters. The maximum Gasteiger partial charge on any atom is 0.267 e. The highest BCUT2D eigenvalue weighted by atomic mass is 19.1. The van der Waals surface area contributed by atoms with Crippen LogP contribution in [0.1, 0.15) is 27.6 Å². The molecule has 6 heteroatoms. The second-order valence-electron chi connectivity index (χ2n) is 4.86. The quantitative estimate of drug-likeness (QED) is 0.749. The summed E-state index contributed by atoms with van der Waals surface area (Å²) in [7, 11) is 0. The Labute approximate surface area is 129 Å². The van der Waals surface area contributed by atoms with Crippen molar-refractivity contribution in [3.63, 3.8) is 0 Å². The molecule has 0 aliphatic carbocycles. The summed E-state index contributed by atoms with van der Waals surface area (Å²) in [5.74, 6) is -1.87. The zero-order valence-corrected chi connectivity index (χ0v) is 11.8. The molecule has 3 aromatic rings. The molecule has 2 heterocycles. The van der Waals surface area contributed by atoms with Crippen LogP contribution in [0, 0.1) is 5.82 Å². The van der Waals surface area contributed by atoms with Crippen LogP contribution in [0.15, 0.2) is 62.4 Å². The molecule has 3 rings (SSSR count). The first-order valence-corrected chi connectivity index (χ1v) is 6.73. The molecule has 23 heavy (non-hydrogen) atoms. The average molecular weight is 314 g/mol. The van der Waals surface area contributed by atoms with E-state index in [0.717, 1.165) is 17.9 Å². The lowest BCUT2D eigenvalue weighted by Crippen LogP contribution is -2.07. The Morgan fingerprint density at radius 2 is 1.83 bits per heavy atom. The zero-order valence-electron chi connectivity index (χ0n) is 11.8. The van der Waals surface area contributed by atoms with Gasteiger partial charge >= 0.3 is 0 Å². The Morgan fingerprint density at radius 3 is 2.57 bits per heavy atom. The fraction of sp³-hybridized carbons (Fsp3) is 0.0588. The molecule has 0 amide bonds. The molecular formula is C17H11FO5. The fourth-order valence-corrected chi connectivity index (χ4v) is 2.08. The smallest absolute Gasteiger partial charge is 0.267 e. The van der Waals surface area contributed by atoms with Gasteiger partial charge in [0.15, 0.2) is 5.76 Å². The van der Waals surface area contributed by atoms with Crippen molar-refractivity contribution in [1.82, 2.24) is 0 Å². The van der Waals surface area contributed by atoms with Crippen molar-refractivity contribution in [2.24, 2.45) is 0 Å². The topological polar surface area (TPSA) is 80.7 Å². The lowest BCUT2D eigenvalue weighted by Gasteiger charge is -2.00. The van der Waals surface area contributed by atoms with Gasteiger partial charge in [-0.05, 0) is 29.8 Å². The van der Waals surface area contributed by atoms with Gasteiger partial charge in [0.2, 0.25) is 16.9 Å². The van der Waals surface area contributed by atoms with E-state index in [1.54, 1.807) is 18.2 Å². The predicted octanol–water partition coefficient (Wildman–Crippen LogP) is 2.90. The molecule has 1 aromatic carbocycles. The highest BCUT2D eigenvalue weighted by molar-refractivity contribution is 6.06. The van der Waals surface area contributed by atoms with Gasteiger partial charge in [0.05, 0.1) is 6.26 Å². The van der Waals surface area contributed by atoms with E-state index >= 15 is 0 Å². The molecule has 0 aliphatic rings. The monoisotopic (exact) mass is 314 g/mol. The summed E-state index contributed by atoms with van der Waals surface area (Å²) in [6, 6.07) is 9.92. The van der Waals surface area contributed by atoms with Crippen LogP contribution in [0.5, 0.6) is 5.75 Å². The molecule has 2 aromatic heterocycles. The van der Waals surface area contributed by atoms with E-state index < -0.39 is 22.7 Å². The van der Waals surface area contributed by atoms with E-state index in [1.165, 1.54) is 18.2 Å². The third-order valence-corrected chi connectivity index (χ3v) is 3.24. The van der Waals surface area contributed by atoms with Crippen molar-refractivity contribution in [2.45, 2.75) is 6.42 Å². The van der Waals surface area contributed by atoms with Crippen LogP contribution in [0.2, 0.25) is 0 Å². The molecule has 0 saturated carbocycles. The molecule has 116 valence electrons. The first-order chi connectivity index (χ1) is 11.0. The Morgan fingerprint density at radius 1 is 1.09 bits per heavy atom. The summed E-state index contributed by atoms with van der Waals surface area (Å²) >= 11 is 0. The van der Waals surface area contributed by atoms with Gasteiger partial charge < -0.3 is 13.9 Å². The summed E-state index contributed by atoms with van der Waals surface area (Å²) in [6.07, 6.45) is 1.40. The van der Waals surface area contributed by atoms with Gasteiger partial charge in [-0.1, -0.05) is 12.1 Å². The van der Waals surface area contributed by atoms with Crippen LogP contribution in [0.4, 0.5) is 4.39 Å². The minimum Gasteiger partial charge on any atom is -0.501 e. The highest BCUT2D eigenvalue weighted by Crippen LogP contribution is 2.20. The maximum atomic E-state index is 12.9. The first kappa shape index (κ1) is 14.8. The second-order valence-corrected chi connectivity index (χ2v) is 4.86. The first-order valence-electron chi connectivity index (χ1n) is 6.73. The largest absolute Gasteiger partial charge is 0.501 e. The van der Waals surface area contributed by atoms with Crippen LogP contribution in [-0.2, 0) is 6.42 Å². The lowest BCUT2D eigenvalue weighted by atomic mass is 10.1. The van der Waals surface area contributed by atoms with Crippen molar-refractivity contribution in [3.8, 4) is 5.75 Å². The van der Waals surface area contributed by atoms with Crippen molar-refractivity contribution in [3.05, 3.63) is 87.6 Å². The minimum atomic E-state index is -0.756. The molecule has 0 unspecified atom stereocenters. The number of hydrogen-bond acceptors (Lipinski definition) is 5. The van der Waals surface area contributed by atoms with Gasteiger partial charge in [0.1, 0.15) is 11.6 Å². The molecule has 0 fully saturated rings. The number of hydrogen-bond donors (Lipinski definition) is 1. The summed E-state index contributed by atoms with van der Waals surface area (Å²) in [4.78, 5) is 23.5. The van der Waals surface area contributed by atoms with Crippen molar-refractivity contribution in [1.29, 1.82) is 0 Å². The van der Waals surface area contributed by atoms with Gasteiger partial charge in [0.25, 0.3) is 5.78 Å². The SMILES string of the molecule is O=C(c1ccc(Cc2ccc(F)cc2)o1)c1occc(=O)c1O. The van der Waals surface area contributed by atoms with Gasteiger partial charge in [-0.2, -0.15) is 0 Å². The summed E-state index contributed by atoms with van der Waals surface area (Å²) in [5, 5.41) is 9.59. The number of rotatable bonds is 4. The minimum absolute atomic E-state index is 0.0632. The molecule has 0 aliphatic heterocycles. The standard InChI is InChI=1S/C17H11FO5/c18-11-3-1-10(2-4-11)9-12-5-6-14(23-12)16(21)17-15(20)13(19)7-8-22-17/h1-8,20H,9H2. The number of aromatic hydroxyl groups is 1. The van der Waals surface area contributed by atoms with E-state index in [0.29, 0.717) is 12.2 Å². The zero-order chi connectivity index (χ0) is 16.4. The Hall–Kier alpha value is -3.15. The molecule has 5 nitrogen and oxygen atoms in total. The normalized spacial score (nSPS) is 10.7. The molecule has 0 bridgehead atoms. The Balaban J connectivity index is 1.84. The van der Waals surface area contributed by atoms with Gasteiger partial charge in [-0.3, -0.25) is 9.59 Å². The van der Waals surface area contributed by atoms with E-state index in [4.69, 9.17) is 8.83 Å². The molecule has 1 N–H and O–H groups in total. The van der Waals surface area contributed by atoms with Crippen LogP contribution >= 0.6 is 0 Å². The Bertz CT molecular complexity index is 905. The summed E-state index contributed by atoms with van der Waals surface area (Å²) in [6.45, 7) is 0. The van der Waals surface area contributed by atoms with Crippen LogP contribution < -0.4 is 5.43 Å². The number of benzene rings is 1. The number of carbonyl (C=O) groups excluding carboxylic acids is 1. The van der Waals surface area contributed by atoms with Gasteiger partial charge in [-0.15, -0.1) is 0 Å². The molecular weight excluding hydrogens is 303 g/mol. The van der Waals surface area contributed by atoms with Crippen molar-refractivity contribution in [2.75, 3.05) is 0 Å². The Kier molecular flexibility index (Phi) is 3.80. The summed E-state index contributed by atoms with van der Waals surface area (Å²) in [5.41, 5.74) is 0.103. The maximum absolute atomic E-state index is 12.9. The summed E-state index contributed by atoms with van der Waals surface area (Å²) < 4.78 is 23.2. The van der Waals surface area contributed by atoms with Gasteiger partial charge in [-0.25, -0.2) is 4.39 Å². The highest BCUT2D eigenvalue weighted by Gasteiger charge is 2.21. The van der Waals surface area contributed by atoms with E-state index in [9.17, 15) is 19.1 Å². The van der Waals surface area contributed by atoms with E-state index in [1.807, 2.05) is 0 Å². The third kappa shape index (κ3) is 3.06.